The Hall–Kier alpha value is -1.54. The molecule has 0 bridgehead atoms. The van der Waals surface area contributed by atoms with E-state index in [9.17, 15) is 0 Å². The monoisotopic (exact) mass is 251 g/mol. The Bertz CT molecular complexity index is 436. The summed E-state index contributed by atoms with van der Waals surface area (Å²) >= 11 is 5.87. The SMILES string of the molecule is C#CC(C)Nc1nc(Cl)nc(N2CCCC2)n1. The van der Waals surface area contributed by atoms with E-state index in [4.69, 9.17) is 18.0 Å². The fraction of sp³-hybridized carbons (Fsp3) is 0.545. The zero-order valence-electron chi connectivity index (χ0n) is 9.65. The van der Waals surface area contributed by atoms with Crippen molar-refractivity contribution < 1.29 is 0 Å². The van der Waals surface area contributed by atoms with E-state index in [1.54, 1.807) is 0 Å². The minimum atomic E-state index is -0.139. The molecule has 1 N–H and O–H groups in total. The molecule has 0 aromatic carbocycles. The molecule has 1 aromatic rings. The molecule has 1 aromatic heterocycles. The van der Waals surface area contributed by atoms with Gasteiger partial charge >= 0.3 is 0 Å². The zero-order valence-corrected chi connectivity index (χ0v) is 10.4. The first-order chi connectivity index (χ1) is 8.19. The second-order valence-corrected chi connectivity index (χ2v) is 4.29. The van der Waals surface area contributed by atoms with Crippen LogP contribution in [0.4, 0.5) is 11.9 Å². The fourth-order valence-corrected chi connectivity index (χ4v) is 1.85. The lowest BCUT2D eigenvalue weighted by Crippen LogP contribution is -2.22. The van der Waals surface area contributed by atoms with Crippen molar-refractivity contribution in [3.8, 4) is 12.3 Å². The smallest absolute Gasteiger partial charge is 0.231 e. The van der Waals surface area contributed by atoms with Gasteiger partial charge in [-0.1, -0.05) is 5.92 Å². The molecular formula is C11H14ClN5. The number of nitrogens with zero attached hydrogens (tertiary/aromatic N) is 4. The van der Waals surface area contributed by atoms with E-state index in [-0.39, 0.29) is 11.3 Å². The summed E-state index contributed by atoms with van der Waals surface area (Å²) < 4.78 is 0. The highest BCUT2D eigenvalue weighted by atomic mass is 35.5. The van der Waals surface area contributed by atoms with Crippen LogP contribution in [0.3, 0.4) is 0 Å². The Balaban J connectivity index is 2.20. The van der Waals surface area contributed by atoms with Gasteiger partial charge in [0.05, 0.1) is 6.04 Å². The van der Waals surface area contributed by atoms with Crippen LogP contribution in [0.15, 0.2) is 0 Å². The van der Waals surface area contributed by atoms with Gasteiger partial charge in [0.25, 0.3) is 0 Å². The summed E-state index contributed by atoms with van der Waals surface area (Å²) in [7, 11) is 0. The molecule has 0 aliphatic carbocycles. The molecule has 2 heterocycles. The third kappa shape index (κ3) is 2.98. The Labute approximate surface area is 106 Å². The lowest BCUT2D eigenvalue weighted by atomic mass is 10.4. The maximum Gasteiger partial charge on any atom is 0.231 e. The lowest BCUT2D eigenvalue weighted by molar-refractivity contribution is 0.870. The molecule has 0 saturated carbocycles. The van der Waals surface area contributed by atoms with Crippen molar-refractivity contribution in [1.29, 1.82) is 0 Å². The predicted molar refractivity (Wildman–Crippen MR) is 68.2 cm³/mol. The maximum absolute atomic E-state index is 5.87. The zero-order chi connectivity index (χ0) is 12.3. The summed E-state index contributed by atoms with van der Waals surface area (Å²) in [5.74, 6) is 3.60. The molecule has 2 rings (SSSR count). The highest BCUT2D eigenvalue weighted by Gasteiger charge is 2.17. The van der Waals surface area contributed by atoms with E-state index in [0.29, 0.717) is 11.9 Å². The summed E-state index contributed by atoms with van der Waals surface area (Å²) in [4.78, 5) is 14.5. The van der Waals surface area contributed by atoms with Gasteiger partial charge in [-0.05, 0) is 31.4 Å². The van der Waals surface area contributed by atoms with Crippen LogP contribution in [0.25, 0.3) is 0 Å². The van der Waals surface area contributed by atoms with Crippen LogP contribution in [0.2, 0.25) is 5.28 Å². The predicted octanol–water partition coefficient (Wildman–Crippen LogP) is 1.56. The molecule has 6 heteroatoms. The van der Waals surface area contributed by atoms with Crippen molar-refractivity contribution in [3.05, 3.63) is 5.28 Å². The molecule has 0 spiro atoms. The first-order valence-electron chi connectivity index (χ1n) is 5.58. The van der Waals surface area contributed by atoms with E-state index in [2.05, 4.69) is 31.1 Å². The number of nitrogens with one attached hydrogen (secondary N) is 1. The topological polar surface area (TPSA) is 53.9 Å². The molecule has 1 aliphatic heterocycles. The van der Waals surface area contributed by atoms with E-state index in [0.717, 1.165) is 25.9 Å². The van der Waals surface area contributed by atoms with Crippen molar-refractivity contribution in [2.75, 3.05) is 23.3 Å². The average Bonchev–Trinajstić information content (AvgIpc) is 2.81. The van der Waals surface area contributed by atoms with Crippen molar-refractivity contribution in [1.82, 2.24) is 15.0 Å². The van der Waals surface area contributed by atoms with E-state index in [1.807, 2.05) is 6.92 Å². The molecule has 0 radical (unpaired) electrons. The Morgan fingerprint density at radius 2 is 2.06 bits per heavy atom. The third-order valence-corrected chi connectivity index (χ3v) is 2.75. The number of hydrogen-bond acceptors (Lipinski definition) is 5. The molecule has 1 aliphatic rings. The number of rotatable bonds is 3. The van der Waals surface area contributed by atoms with Crippen LogP contribution < -0.4 is 10.2 Å². The highest BCUT2D eigenvalue weighted by Crippen LogP contribution is 2.18. The Morgan fingerprint density at radius 1 is 1.35 bits per heavy atom. The van der Waals surface area contributed by atoms with Crippen molar-refractivity contribution >= 4 is 23.5 Å². The molecule has 1 saturated heterocycles. The standard InChI is InChI=1S/C11H14ClN5/c1-3-8(2)13-10-14-9(12)15-11(16-10)17-6-4-5-7-17/h1,8H,4-7H2,2H3,(H,13,14,15,16). The van der Waals surface area contributed by atoms with Crippen LogP contribution >= 0.6 is 11.6 Å². The van der Waals surface area contributed by atoms with Crippen LogP contribution in [-0.4, -0.2) is 34.1 Å². The van der Waals surface area contributed by atoms with Gasteiger partial charge in [-0.2, -0.15) is 15.0 Å². The van der Waals surface area contributed by atoms with Gasteiger partial charge in [-0.25, -0.2) is 0 Å². The number of halogens is 1. The minimum absolute atomic E-state index is 0.139. The van der Waals surface area contributed by atoms with E-state index < -0.39 is 0 Å². The van der Waals surface area contributed by atoms with Crippen molar-refractivity contribution in [2.24, 2.45) is 0 Å². The quantitative estimate of drug-likeness (QED) is 0.827. The largest absolute Gasteiger partial charge is 0.341 e. The van der Waals surface area contributed by atoms with Gasteiger partial charge < -0.3 is 10.2 Å². The van der Waals surface area contributed by atoms with E-state index in [1.165, 1.54) is 0 Å². The molecule has 5 nitrogen and oxygen atoms in total. The molecule has 17 heavy (non-hydrogen) atoms. The van der Waals surface area contributed by atoms with E-state index >= 15 is 0 Å². The van der Waals surface area contributed by atoms with Gasteiger partial charge in [0.2, 0.25) is 17.2 Å². The third-order valence-electron chi connectivity index (χ3n) is 2.58. The molecule has 0 amide bonds. The van der Waals surface area contributed by atoms with Crippen LogP contribution in [0, 0.1) is 12.3 Å². The van der Waals surface area contributed by atoms with Crippen LogP contribution in [0.5, 0.6) is 0 Å². The van der Waals surface area contributed by atoms with Gasteiger partial charge in [0, 0.05) is 13.1 Å². The number of anilines is 2. The Morgan fingerprint density at radius 3 is 2.71 bits per heavy atom. The van der Waals surface area contributed by atoms with Gasteiger partial charge in [0.1, 0.15) is 0 Å². The van der Waals surface area contributed by atoms with Gasteiger partial charge in [-0.15, -0.1) is 6.42 Å². The van der Waals surface area contributed by atoms with Crippen LogP contribution in [0.1, 0.15) is 19.8 Å². The summed E-state index contributed by atoms with van der Waals surface area (Å²) in [6.07, 6.45) is 7.61. The number of aromatic nitrogens is 3. The first kappa shape index (κ1) is 11.9. The summed E-state index contributed by atoms with van der Waals surface area (Å²) in [5.41, 5.74) is 0. The minimum Gasteiger partial charge on any atom is -0.341 e. The number of terminal acetylenes is 1. The van der Waals surface area contributed by atoms with Crippen LogP contribution in [-0.2, 0) is 0 Å². The summed E-state index contributed by atoms with van der Waals surface area (Å²) in [6, 6.07) is -0.139. The lowest BCUT2D eigenvalue weighted by Gasteiger charge is -2.16. The second-order valence-electron chi connectivity index (χ2n) is 3.95. The number of hydrogen-bond donors (Lipinski definition) is 1. The fourth-order valence-electron chi connectivity index (χ4n) is 1.70. The summed E-state index contributed by atoms with van der Waals surface area (Å²) in [5, 5.41) is 3.18. The normalized spacial score (nSPS) is 16.6. The average molecular weight is 252 g/mol. The molecule has 1 unspecified atom stereocenters. The second kappa shape index (κ2) is 5.19. The maximum atomic E-state index is 5.87. The van der Waals surface area contributed by atoms with Gasteiger partial charge in [-0.3, -0.25) is 0 Å². The molecular weight excluding hydrogens is 238 g/mol. The van der Waals surface area contributed by atoms with Gasteiger partial charge in [0.15, 0.2) is 0 Å². The molecule has 1 fully saturated rings. The molecule has 1 atom stereocenters. The van der Waals surface area contributed by atoms with Crippen molar-refractivity contribution in [3.63, 3.8) is 0 Å². The highest BCUT2D eigenvalue weighted by molar-refractivity contribution is 6.28. The summed E-state index contributed by atoms with van der Waals surface area (Å²) in [6.45, 7) is 3.78. The molecule has 90 valence electrons. The first-order valence-corrected chi connectivity index (χ1v) is 5.96. The van der Waals surface area contributed by atoms with Crippen molar-refractivity contribution in [2.45, 2.75) is 25.8 Å². The Kier molecular flexibility index (Phi) is 3.64.